The predicted octanol–water partition coefficient (Wildman–Crippen LogP) is 4.01. The summed E-state index contributed by atoms with van der Waals surface area (Å²) in [6.45, 7) is 0. The van der Waals surface area contributed by atoms with Gasteiger partial charge < -0.3 is 4.52 Å². The standard InChI is InChI=1S/C17H23O4P/c18-22(19,20)21-13-6-9-15-12(10-13)5-8-16-14-3-1-2-11(14)4-7-17(15)16/h6,9-11,14,16-17H,1-5,7-8H2,(H2,18,19,20). The van der Waals surface area contributed by atoms with Crippen molar-refractivity contribution in [3.63, 3.8) is 0 Å². The minimum atomic E-state index is -4.47. The van der Waals surface area contributed by atoms with Crippen molar-refractivity contribution in [3.05, 3.63) is 29.3 Å². The van der Waals surface area contributed by atoms with Gasteiger partial charge in [-0.05, 0) is 79.0 Å². The fraction of sp³-hybridized carbons (Fsp3) is 0.647. The van der Waals surface area contributed by atoms with Gasteiger partial charge >= 0.3 is 7.82 Å². The van der Waals surface area contributed by atoms with E-state index in [1.165, 1.54) is 49.7 Å². The Hall–Kier alpha value is -0.830. The summed E-state index contributed by atoms with van der Waals surface area (Å²) in [7, 11) is -4.47. The lowest BCUT2D eigenvalue weighted by Crippen LogP contribution is -2.34. The normalized spacial score (nSPS) is 33.7. The van der Waals surface area contributed by atoms with Crippen LogP contribution >= 0.6 is 7.82 Å². The Kier molecular flexibility index (Phi) is 3.60. The molecule has 2 fully saturated rings. The van der Waals surface area contributed by atoms with Crippen LogP contribution in [0.15, 0.2) is 18.2 Å². The van der Waals surface area contributed by atoms with Crippen molar-refractivity contribution in [1.82, 2.24) is 0 Å². The van der Waals surface area contributed by atoms with Crippen molar-refractivity contribution in [2.45, 2.75) is 50.9 Å². The predicted molar refractivity (Wildman–Crippen MR) is 83.7 cm³/mol. The van der Waals surface area contributed by atoms with Gasteiger partial charge in [-0.3, -0.25) is 9.79 Å². The van der Waals surface area contributed by atoms with Crippen LogP contribution in [0.2, 0.25) is 0 Å². The number of hydrogen-bond donors (Lipinski definition) is 2. The zero-order chi connectivity index (χ0) is 15.3. The van der Waals surface area contributed by atoms with E-state index in [1.807, 2.05) is 12.1 Å². The van der Waals surface area contributed by atoms with E-state index in [1.54, 1.807) is 6.07 Å². The van der Waals surface area contributed by atoms with Gasteiger partial charge in [0.25, 0.3) is 0 Å². The Balaban J connectivity index is 1.61. The molecule has 4 unspecified atom stereocenters. The van der Waals surface area contributed by atoms with Crippen LogP contribution in [-0.2, 0) is 11.0 Å². The molecule has 0 aliphatic heterocycles. The van der Waals surface area contributed by atoms with Crippen LogP contribution in [0.4, 0.5) is 0 Å². The van der Waals surface area contributed by atoms with Gasteiger partial charge in [0.1, 0.15) is 5.75 Å². The average Bonchev–Trinajstić information content (AvgIpc) is 2.93. The maximum Gasteiger partial charge on any atom is 0.524 e. The van der Waals surface area contributed by atoms with E-state index >= 15 is 0 Å². The number of phosphoric acid groups is 1. The highest BCUT2D eigenvalue weighted by Gasteiger charge is 2.43. The van der Waals surface area contributed by atoms with Gasteiger partial charge in [0.2, 0.25) is 0 Å². The van der Waals surface area contributed by atoms with Crippen LogP contribution in [0.1, 0.15) is 55.6 Å². The van der Waals surface area contributed by atoms with Crippen molar-refractivity contribution in [2.24, 2.45) is 17.8 Å². The van der Waals surface area contributed by atoms with Gasteiger partial charge in [-0.15, -0.1) is 0 Å². The van der Waals surface area contributed by atoms with Gasteiger partial charge in [-0.1, -0.05) is 18.9 Å². The highest BCUT2D eigenvalue weighted by atomic mass is 31.2. The third-order valence-electron chi connectivity index (χ3n) is 6.12. The number of rotatable bonds is 2. The molecular weight excluding hydrogens is 299 g/mol. The Morgan fingerprint density at radius 3 is 2.73 bits per heavy atom. The lowest BCUT2D eigenvalue weighted by Gasteiger charge is -2.44. The first-order valence-corrected chi connectivity index (χ1v) is 9.92. The number of hydrogen-bond acceptors (Lipinski definition) is 2. The van der Waals surface area contributed by atoms with Crippen LogP contribution in [-0.4, -0.2) is 9.79 Å². The van der Waals surface area contributed by atoms with Crippen molar-refractivity contribution in [1.29, 1.82) is 0 Å². The largest absolute Gasteiger partial charge is 0.524 e. The smallest absolute Gasteiger partial charge is 0.404 e. The molecule has 22 heavy (non-hydrogen) atoms. The topological polar surface area (TPSA) is 66.8 Å². The summed E-state index contributed by atoms with van der Waals surface area (Å²) in [5.74, 6) is 3.63. The quantitative estimate of drug-likeness (QED) is 0.807. The molecule has 0 saturated heterocycles. The number of phosphoric ester groups is 1. The first kappa shape index (κ1) is 14.7. The molecule has 4 atom stereocenters. The second-order valence-electron chi connectivity index (χ2n) is 7.18. The summed E-state index contributed by atoms with van der Waals surface area (Å²) in [5, 5.41) is 0. The average molecular weight is 322 g/mol. The maximum atomic E-state index is 11.0. The fourth-order valence-corrected chi connectivity index (χ4v) is 5.76. The molecule has 0 amide bonds. The Morgan fingerprint density at radius 1 is 1.05 bits per heavy atom. The zero-order valence-corrected chi connectivity index (χ0v) is 13.5. The molecule has 1 aromatic carbocycles. The molecule has 3 aliphatic rings. The monoisotopic (exact) mass is 322 g/mol. The van der Waals surface area contributed by atoms with Crippen LogP contribution in [0, 0.1) is 17.8 Å². The Labute approximate surface area is 131 Å². The second kappa shape index (κ2) is 5.36. The summed E-state index contributed by atoms with van der Waals surface area (Å²) in [6, 6.07) is 5.61. The van der Waals surface area contributed by atoms with Gasteiger partial charge in [0.05, 0.1) is 0 Å². The Morgan fingerprint density at radius 2 is 1.91 bits per heavy atom. The maximum absolute atomic E-state index is 11.0. The fourth-order valence-electron chi connectivity index (χ4n) is 5.37. The summed E-state index contributed by atoms with van der Waals surface area (Å²) >= 11 is 0. The summed E-state index contributed by atoms with van der Waals surface area (Å²) in [4.78, 5) is 17.9. The second-order valence-corrected chi connectivity index (χ2v) is 8.35. The summed E-state index contributed by atoms with van der Waals surface area (Å²) in [6.07, 6.45) is 9.09. The van der Waals surface area contributed by atoms with Crippen molar-refractivity contribution in [3.8, 4) is 5.75 Å². The number of aryl methyl sites for hydroxylation is 1. The van der Waals surface area contributed by atoms with Crippen LogP contribution in [0.25, 0.3) is 0 Å². The van der Waals surface area contributed by atoms with Crippen molar-refractivity contribution in [2.75, 3.05) is 0 Å². The minimum absolute atomic E-state index is 0.292. The van der Waals surface area contributed by atoms with Gasteiger partial charge in [0, 0.05) is 0 Å². The molecule has 0 heterocycles. The van der Waals surface area contributed by atoms with E-state index in [9.17, 15) is 4.57 Å². The molecule has 0 spiro atoms. The molecule has 5 heteroatoms. The van der Waals surface area contributed by atoms with Gasteiger partial charge in [-0.2, -0.15) is 0 Å². The lowest BCUT2D eigenvalue weighted by atomic mass is 9.61. The molecule has 0 bridgehead atoms. The van der Waals surface area contributed by atoms with Crippen molar-refractivity contribution >= 4 is 7.82 Å². The van der Waals surface area contributed by atoms with E-state index in [0.717, 1.165) is 24.2 Å². The van der Waals surface area contributed by atoms with E-state index in [-0.39, 0.29) is 0 Å². The molecule has 0 radical (unpaired) electrons. The minimum Gasteiger partial charge on any atom is -0.404 e. The third-order valence-corrected chi connectivity index (χ3v) is 6.57. The highest BCUT2D eigenvalue weighted by Crippen LogP contribution is 2.55. The van der Waals surface area contributed by atoms with Crippen LogP contribution < -0.4 is 4.52 Å². The first-order chi connectivity index (χ1) is 10.5. The van der Waals surface area contributed by atoms with E-state index < -0.39 is 7.82 Å². The van der Waals surface area contributed by atoms with Crippen LogP contribution in [0.3, 0.4) is 0 Å². The van der Waals surface area contributed by atoms with Gasteiger partial charge in [0.15, 0.2) is 0 Å². The van der Waals surface area contributed by atoms with Crippen LogP contribution in [0.5, 0.6) is 5.75 Å². The third kappa shape index (κ3) is 2.62. The molecule has 1 aromatic rings. The van der Waals surface area contributed by atoms with E-state index in [0.29, 0.717) is 11.7 Å². The van der Waals surface area contributed by atoms with E-state index in [2.05, 4.69) is 0 Å². The van der Waals surface area contributed by atoms with E-state index in [4.69, 9.17) is 14.3 Å². The highest BCUT2D eigenvalue weighted by molar-refractivity contribution is 7.46. The Bertz CT molecular complexity index is 623. The SMILES string of the molecule is O=P(O)(O)Oc1ccc2c(c1)CCC1C2CCC2CCCC21. The molecule has 2 saturated carbocycles. The molecule has 3 aliphatic carbocycles. The van der Waals surface area contributed by atoms with Gasteiger partial charge in [-0.25, -0.2) is 4.57 Å². The molecule has 4 rings (SSSR count). The molecular formula is C17H23O4P. The zero-order valence-electron chi connectivity index (χ0n) is 12.6. The number of fused-ring (bicyclic) bond motifs is 5. The first-order valence-electron chi connectivity index (χ1n) is 8.39. The molecule has 4 nitrogen and oxygen atoms in total. The summed E-state index contributed by atoms with van der Waals surface area (Å²) in [5.41, 5.74) is 2.63. The number of benzene rings is 1. The lowest BCUT2D eigenvalue weighted by molar-refractivity contribution is 0.136. The molecule has 2 N–H and O–H groups in total. The molecule has 120 valence electrons. The van der Waals surface area contributed by atoms with Crippen molar-refractivity contribution < 1.29 is 18.9 Å². The summed E-state index contributed by atoms with van der Waals surface area (Å²) < 4.78 is 15.7. The molecule has 0 aromatic heterocycles.